The van der Waals surface area contributed by atoms with Crippen molar-refractivity contribution in [2.45, 2.75) is 272 Å². The molecule has 0 aliphatic carbocycles. The van der Waals surface area contributed by atoms with Crippen LogP contribution in [-0.2, 0) is 28.6 Å². The zero-order valence-electron chi connectivity index (χ0n) is 37.6. The summed E-state index contributed by atoms with van der Waals surface area (Å²) in [6.45, 7) is 11.3. The summed E-state index contributed by atoms with van der Waals surface area (Å²) in [7, 11) is 0. The fraction of sp³-hybridized carbons (Fsp3) is 0.939. The van der Waals surface area contributed by atoms with Gasteiger partial charge in [0.2, 0.25) is 0 Å². The van der Waals surface area contributed by atoms with E-state index in [-0.39, 0.29) is 31.1 Å². The van der Waals surface area contributed by atoms with E-state index in [0.717, 1.165) is 69.6 Å². The molecule has 0 saturated heterocycles. The molecule has 0 aliphatic heterocycles. The Labute approximate surface area is 342 Å². The van der Waals surface area contributed by atoms with Crippen molar-refractivity contribution in [2.24, 2.45) is 11.8 Å². The Kier molecular flexibility index (Phi) is 40.8. The fourth-order valence-corrected chi connectivity index (χ4v) is 7.28. The first-order valence-corrected chi connectivity index (χ1v) is 24.2. The van der Waals surface area contributed by atoms with Gasteiger partial charge in [-0.1, -0.05) is 227 Å². The molecule has 0 aromatic carbocycles. The first-order chi connectivity index (χ1) is 26.7. The van der Waals surface area contributed by atoms with Crippen LogP contribution in [0.25, 0.3) is 0 Å². The molecule has 0 rings (SSSR count). The SMILES string of the molecule is CCCCCCCCCC(=O)OC[C@H](COC(=O)CCCCCCCCCCCCCCC(C)C)OC(=O)CCCCCCCCCCCCCCC(C)C. The number of carbonyl (C=O) groups is 3. The molecule has 0 aromatic rings. The highest BCUT2D eigenvalue weighted by Gasteiger charge is 2.19. The number of unbranched alkanes of at least 4 members (excludes halogenated alkanes) is 28. The molecule has 0 bridgehead atoms. The summed E-state index contributed by atoms with van der Waals surface area (Å²) in [6.07, 6.45) is 41.0. The Balaban J connectivity index is 4.24. The number of rotatable bonds is 43. The summed E-state index contributed by atoms with van der Waals surface area (Å²) < 4.78 is 16.7. The predicted octanol–water partition coefficient (Wildman–Crippen LogP) is 15.4. The lowest BCUT2D eigenvalue weighted by atomic mass is 10.0. The number of hydrogen-bond acceptors (Lipinski definition) is 6. The second kappa shape index (κ2) is 42.0. The molecule has 0 radical (unpaired) electrons. The number of hydrogen-bond donors (Lipinski definition) is 0. The molecule has 6 nitrogen and oxygen atoms in total. The Bertz CT molecular complexity index is 839. The van der Waals surface area contributed by atoms with Crippen molar-refractivity contribution in [2.75, 3.05) is 13.2 Å². The van der Waals surface area contributed by atoms with Crippen LogP contribution in [0.3, 0.4) is 0 Å². The summed E-state index contributed by atoms with van der Waals surface area (Å²) in [4.78, 5) is 37.7. The maximum atomic E-state index is 12.7. The van der Waals surface area contributed by atoms with Crippen molar-refractivity contribution in [1.82, 2.24) is 0 Å². The van der Waals surface area contributed by atoms with Gasteiger partial charge in [-0.3, -0.25) is 14.4 Å². The van der Waals surface area contributed by atoms with Crippen molar-refractivity contribution in [1.29, 1.82) is 0 Å². The van der Waals surface area contributed by atoms with Crippen molar-refractivity contribution in [3.63, 3.8) is 0 Å². The molecule has 0 fully saturated rings. The highest BCUT2D eigenvalue weighted by molar-refractivity contribution is 5.71. The Morgan fingerprint density at radius 2 is 0.600 bits per heavy atom. The molecule has 0 heterocycles. The van der Waals surface area contributed by atoms with Crippen LogP contribution in [0, 0.1) is 11.8 Å². The number of carbonyl (C=O) groups excluding carboxylic acids is 3. The van der Waals surface area contributed by atoms with Crippen LogP contribution in [0.4, 0.5) is 0 Å². The molecule has 6 heteroatoms. The summed E-state index contributed by atoms with van der Waals surface area (Å²) in [5.74, 6) is 0.807. The van der Waals surface area contributed by atoms with Crippen LogP contribution in [0.5, 0.6) is 0 Å². The van der Waals surface area contributed by atoms with Gasteiger partial charge in [0.1, 0.15) is 13.2 Å². The molecule has 326 valence electrons. The average molecular weight is 779 g/mol. The van der Waals surface area contributed by atoms with E-state index in [9.17, 15) is 14.4 Å². The zero-order valence-corrected chi connectivity index (χ0v) is 37.6. The van der Waals surface area contributed by atoms with Gasteiger partial charge in [-0.25, -0.2) is 0 Å². The lowest BCUT2D eigenvalue weighted by molar-refractivity contribution is -0.167. The van der Waals surface area contributed by atoms with Gasteiger partial charge in [-0.2, -0.15) is 0 Å². The maximum absolute atomic E-state index is 12.7. The lowest BCUT2D eigenvalue weighted by Crippen LogP contribution is -2.30. The van der Waals surface area contributed by atoms with Crippen LogP contribution >= 0.6 is 0 Å². The Hall–Kier alpha value is -1.59. The average Bonchev–Trinajstić information content (AvgIpc) is 3.15. The molecule has 0 aromatic heterocycles. The van der Waals surface area contributed by atoms with Crippen molar-refractivity contribution >= 4 is 17.9 Å². The summed E-state index contributed by atoms with van der Waals surface area (Å²) in [5.41, 5.74) is 0. The van der Waals surface area contributed by atoms with Gasteiger partial charge in [-0.05, 0) is 31.1 Å². The van der Waals surface area contributed by atoms with Crippen LogP contribution < -0.4 is 0 Å². The molecule has 0 saturated carbocycles. The molecule has 55 heavy (non-hydrogen) atoms. The van der Waals surface area contributed by atoms with E-state index in [1.165, 1.54) is 154 Å². The van der Waals surface area contributed by atoms with Crippen molar-refractivity contribution in [3.05, 3.63) is 0 Å². The van der Waals surface area contributed by atoms with Crippen LogP contribution in [0.15, 0.2) is 0 Å². The van der Waals surface area contributed by atoms with E-state index in [1.807, 2.05) is 0 Å². The van der Waals surface area contributed by atoms with E-state index in [2.05, 4.69) is 34.6 Å². The summed E-state index contributed by atoms with van der Waals surface area (Å²) >= 11 is 0. The van der Waals surface area contributed by atoms with Gasteiger partial charge < -0.3 is 14.2 Å². The largest absolute Gasteiger partial charge is 0.462 e. The number of esters is 3. The molecular weight excluding hydrogens is 685 g/mol. The monoisotopic (exact) mass is 779 g/mol. The zero-order chi connectivity index (χ0) is 40.5. The molecule has 1 atom stereocenters. The molecule has 0 spiro atoms. The minimum atomic E-state index is -0.760. The highest BCUT2D eigenvalue weighted by Crippen LogP contribution is 2.17. The minimum absolute atomic E-state index is 0.0645. The summed E-state index contributed by atoms with van der Waals surface area (Å²) in [5, 5.41) is 0. The molecule has 0 amide bonds. The topological polar surface area (TPSA) is 78.9 Å². The lowest BCUT2D eigenvalue weighted by Gasteiger charge is -2.18. The quantitative estimate of drug-likeness (QED) is 0.0348. The third kappa shape index (κ3) is 43.4. The van der Waals surface area contributed by atoms with Crippen molar-refractivity contribution in [3.8, 4) is 0 Å². The molecule has 0 unspecified atom stereocenters. The highest BCUT2D eigenvalue weighted by atomic mass is 16.6. The van der Waals surface area contributed by atoms with Gasteiger partial charge in [0, 0.05) is 19.3 Å². The van der Waals surface area contributed by atoms with E-state index in [0.29, 0.717) is 19.3 Å². The Morgan fingerprint density at radius 3 is 0.891 bits per heavy atom. The van der Waals surface area contributed by atoms with E-state index < -0.39 is 6.10 Å². The fourth-order valence-electron chi connectivity index (χ4n) is 7.28. The van der Waals surface area contributed by atoms with Crippen LogP contribution in [0.1, 0.15) is 266 Å². The maximum Gasteiger partial charge on any atom is 0.306 e. The first kappa shape index (κ1) is 53.4. The smallest absolute Gasteiger partial charge is 0.306 e. The molecule has 0 aliphatic rings. The third-order valence-electron chi connectivity index (χ3n) is 11.0. The van der Waals surface area contributed by atoms with Gasteiger partial charge in [0.25, 0.3) is 0 Å². The van der Waals surface area contributed by atoms with Crippen LogP contribution in [-0.4, -0.2) is 37.2 Å². The Morgan fingerprint density at radius 1 is 0.345 bits per heavy atom. The normalized spacial score (nSPS) is 12.1. The van der Waals surface area contributed by atoms with E-state index >= 15 is 0 Å². The second-order valence-electron chi connectivity index (χ2n) is 17.7. The minimum Gasteiger partial charge on any atom is -0.462 e. The predicted molar refractivity (Wildman–Crippen MR) is 233 cm³/mol. The van der Waals surface area contributed by atoms with Crippen LogP contribution in [0.2, 0.25) is 0 Å². The van der Waals surface area contributed by atoms with Crippen molar-refractivity contribution < 1.29 is 28.6 Å². The van der Waals surface area contributed by atoms with Gasteiger partial charge in [0.05, 0.1) is 0 Å². The first-order valence-electron chi connectivity index (χ1n) is 24.2. The van der Waals surface area contributed by atoms with Gasteiger partial charge in [-0.15, -0.1) is 0 Å². The molecule has 0 N–H and O–H groups in total. The van der Waals surface area contributed by atoms with Gasteiger partial charge in [0.15, 0.2) is 6.10 Å². The van der Waals surface area contributed by atoms with Gasteiger partial charge >= 0.3 is 17.9 Å². The third-order valence-corrected chi connectivity index (χ3v) is 11.0. The number of ether oxygens (including phenoxy) is 3. The summed E-state index contributed by atoms with van der Waals surface area (Å²) in [6, 6.07) is 0. The second-order valence-corrected chi connectivity index (χ2v) is 17.7. The van der Waals surface area contributed by atoms with E-state index in [4.69, 9.17) is 14.2 Å². The van der Waals surface area contributed by atoms with E-state index in [1.54, 1.807) is 0 Å². The molecular formula is C49H94O6. The standard InChI is InChI=1S/C49H94O6/c1-6-7-8-9-22-29-34-39-47(50)53-42-46(55-49(52)41-36-31-26-21-17-13-11-15-19-24-28-33-38-45(4)5)43-54-48(51)40-35-30-25-20-16-12-10-14-18-23-27-32-37-44(2)3/h44-46H,6-43H2,1-5H3/t46-/m1/s1.